The van der Waals surface area contributed by atoms with Gasteiger partial charge in [0.05, 0.1) is 11.9 Å². The molecule has 0 aliphatic heterocycles. The SMILES string of the molecule is Cc1ccc(N(CC(=O)Nc2cccc(Br)c2)S(C)(=O)=O)cc1. The quantitative estimate of drug-likeness (QED) is 0.843. The maximum atomic E-state index is 12.2. The van der Waals surface area contributed by atoms with Crippen LogP contribution in [0.5, 0.6) is 0 Å². The number of anilines is 2. The van der Waals surface area contributed by atoms with E-state index >= 15 is 0 Å². The molecule has 0 heterocycles. The summed E-state index contributed by atoms with van der Waals surface area (Å²) in [6.07, 6.45) is 1.08. The summed E-state index contributed by atoms with van der Waals surface area (Å²) in [5, 5.41) is 2.69. The third kappa shape index (κ3) is 5.07. The van der Waals surface area contributed by atoms with Gasteiger partial charge in [-0.25, -0.2) is 8.42 Å². The van der Waals surface area contributed by atoms with E-state index in [1.165, 1.54) is 0 Å². The predicted octanol–water partition coefficient (Wildman–Crippen LogP) is 3.16. The van der Waals surface area contributed by atoms with Crippen LogP contribution in [0.4, 0.5) is 11.4 Å². The number of amides is 1. The number of hydrogen-bond acceptors (Lipinski definition) is 3. The molecule has 2 rings (SSSR count). The van der Waals surface area contributed by atoms with Gasteiger partial charge in [0.2, 0.25) is 15.9 Å². The van der Waals surface area contributed by atoms with Crippen LogP contribution in [-0.4, -0.2) is 27.1 Å². The topological polar surface area (TPSA) is 66.5 Å². The molecule has 122 valence electrons. The molecule has 0 fully saturated rings. The Bertz CT molecular complexity index is 804. The van der Waals surface area contributed by atoms with E-state index in [2.05, 4.69) is 21.2 Å². The van der Waals surface area contributed by atoms with E-state index in [1.54, 1.807) is 42.5 Å². The van der Waals surface area contributed by atoms with Crippen LogP contribution < -0.4 is 9.62 Å². The maximum absolute atomic E-state index is 12.2. The predicted molar refractivity (Wildman–Crippen MR) is 96.1 cm³/mol. The largest absolute Gasteiger partial charge is 0.324 e. The fraction of sp³-hybridized carbons (Fsp3) is 0.188. The minimum Gasteiger partial charge on any atom is -0.324 e. The minimum absolute atomic E-state index is 0.283. The van der Waals surface area contributed by atoms with Gasteiger partial charge in [-0.15, -0.1) is 0 Å². The highest BCUT2D eigenvalue weighted by Gasteiger charge is 2.20. The molecule has 1 amide bonds. The second-order valence-electron chi connectivity index (χ2n) is 5.16. The Morgan fingerprint density at radius 3 is 2.39 bits per heavy atom. The fourth-order valence-corrected chi connectivity index (χ4v) is 3.26. The van der Waals surface area contributed by atoms with Gasteiger partial charge in [-0.1, -0.05) is 39.7 Å². The van der Waals surface area contributed by atoms with Crippen molar-refractivity contribution in [3.05, 3.63) is 58.6 Å². The first-order valence-corrected chi connectivity index (χ1v) is 9.49. The Morgan fingerprint density at radius 1 is 1.17 bits per heavy atom. The number of benzene rings is 2. The van der Waals surface area contributed by atoms with Crippen molar-refractivity contribution in [2.75, 3.05) is 22.4 Å². The molecular formula is C16H17BrN2O3S. The summed E-state index contributed by atoms with van der Waals surface area (Å²) in [6.45, 7) is 1.63. The van der Waals surface area contributed by atoms with E-state index < -0.39 is 15.9 Å². The molecule has 1 N–H and O–H groups in total. The molecule has 5 nitrogen and oxygen atoms in total. The number of aryl methyl sites for hydroxylation is 1. The summed E-state index contributed by atoms with van der Waals surface area (Å²) in [4.78, 5) is 12.2. The molecule has 0 aliphatic carbocycles. The first-order chi connectivity index (χ1) is 10.8. The summed E-state index contributed by atoms with van der Waals surface area (Å²) in [5.74, 6) is -0.408. The van der Waals surface area contributed by atoms with Crippen LogP contribution in [0.3, 0.4) is 0 Å². The third-order valence-corrected chi connectivity index (χ3v) is 4.75. The Morgan fingerprint density at radius 2 is 1.83 bits per heavy atom. The maximum Gasteiger partial charge on any atom is 0.245 e. The number of carbonyl (C=O) groups excluding carboxylic acids is 1. The van der Waals surface area contributed by atoms with Gasteiger partial charge in [-0.2, -0.15) is 0 Å². The van der Waals surface area contributed by atoms with Crippen LogP contribution in [0.25, 0.3) is 0 Å². The Hall–Kier alpha value is -1.86. The van der Waals surface area contributed by atoms with Crippen LogP contribution in [0.1, 0.15) is 5.56 Å². The number of carbonyl (C=O) groups is 1. The average Bonchev–Trinajstić information content (AvgIpc) is 2.45. The van der Waals surface area contributed by atoms with Gasteiger partial charge in [-0.05, 0) is 37.3 Å². The van der Waals surface area contributed by atoms with Crippen molar-refractivity contribution in [2.24, 2.45) is 0 Å². The lowest BCUT2D eigenvalue weighted by atomic mass is 10.2. The molecule has 0 atom stereocenters. The lowest BCUT2D eigenvalue weighted by Gasteiger charge is -2.22. The standard InChI is InChI=1S/C16H17BrN2O3S/c1-12-6-8-15(9-7-12)19(23(2,21)22)11-16(20)18-14-5-3-4-13(17)10-14/h3-10H,11H2,1-2H3,(H,18,20). The fourth-order valence-electron chi connectivity index (χ4n) is 2.01. The van der Waals surface area contributed by atoms with Crippen LogP contribution >= 0.6 is 15.9 Å². The van der Waals surface area contributed by atoms with Crippen molar-refractivity contribution in [1.82, 2.24) is 0 Å². The molecule has 23 heavy (non-hydrogen) atoms. The molecule has 2 aromatic carbocycles. The van der Waals surface area contributed by atoms with Crippen LogP contribution in [0.15, 0.2) is 53.0 Å². The first kappa shape index (κ1) is 17.5. The summed E-state index contributed by atoms with van der Waals surface area (Å²) in [6, 6.07) is 14.1. The zero-order valence-electron chi connectivity index (χ0n) is 12.8. The molecule has 0 aromatic heterocycles. The van der Waals surface area contributed by atoms with E-state index in [-0.39, 0.29) is 6.54 Å². The highest BCUT2D eigenvalue weighted by molar-refractivity contribution is 9.10. The van der Waals surface area contributed by atoms with Crippen molar-refractivity contribution in [3.63, 3.8) is 0 Å². The van der Waals surface area contributed by atoms with Crippen LogP contribution in [-0.2, 0) is 14.8 Å². The minimum atomic E-state index is -3.56. The smallest absolute Gasteiger partial charge is 0.245 e. The van der Waals surface area contributed by atoms with Gasteiger partial charge < -0.3 is 5.32 Å². The van der Waals surface area contributed by atoms with Gasteiger partial charge in [0.1, 0.15) is 6.54 Å². The zero-order chi connectivity index (χ0) is 17.0. The average molecular weight is 397 g/mol. The molecule has 0 spiro atoms. The highest BCUT2D eigenvalue weighted by Crippen LogP contribution is 2.19. The highest BCUT2D eigenvalue weighted by atomic mass is 79.9. The lowest BCUT2D eigenvalue weighted by Crippen LogP contribution is -2.37. The molecule has 0 aliphatic rings. The van der Waals surface area contributed by atoms with Crippen molar-refractivity contribution in [2.45, 2.75) is 6.92 Å². The van der Waals surface area contributed by atoms with E-state index in [1.807, 2.05) is 13.0 Å². The second-order valence-corrected chi connectivity index (χ2v) is 7.99. The van der Waals surface area contributed by atoms with Gasteiger partial charge >= 0.3 is 0 Å². The molecule has 2 aromatic rings. The molecule has 0 radical (unpaired) electrons. The molecule has 0 bridgehead atoms. The summed E-state index contributed by atoms with van der Waals surface area (Å²) < 4.78 is 25.9. The van der Waals surface area contributed by atoms with Gasteiger partial charge in [-0.3, -0.25) is 9.10 Å². The Balaban J connectivity index is 2.18. The number of nitrogens with zero attached hydrogens (tertiary/aromatic N) is 1. The first-order valence-electron chi connectivity index (χ1n) is 6.85. The Labute approximate surface area is 144 Å². The van der Waals surface area contributed by atoms with Crippen LogP contribution in [0.2, 0.25) is 0 Å². The van der Waals surface area contributed by atoms with Crippen LogP contribution in [0, 0.1) is 6.92 Å². The van der Waals surface area contributed by atoms with Gasteiger partial charge in [0, 0.05) is 10.2 Å². The molecule has 0 saturated carbocycles. The normalized spacial score (nSPS) is 11.1. The van der Waals surface area contributed by atoms with Crippen molar-refractivity contribution < 1.29 is 13.2 Å². The van der Waals surface area contributed by atoms with Crippen molar-refractivity contribution in [1.29, 1.82) is 0 Å². The zero-order valence-corrected chi connectivity index (χ0v) is 15.2. The molecule has 7 heteroatoms. The lowest BCUT2D eigenvalue weighted by molar-refractivity contribution is -0.114. The van der Waals surface area contributed by atoms with E-state index in [9.17, 15) is 13.2 Å². The van der Waals surface area contributed by atoms with Gasteiger partial charge in [0.25, 0.3) is 0 Å². The second kappa shape index (κ2) is 7.14. The van der Waals surface area contributed by atoms with Gasteiger partial charge in [0.15, 0.2) is 0 Å². The summed E-state index contributed by atoms with van der Waals surface area (Å²) in [5.41, 5.74) is 2.07. The van der Waals surface area contributed by atoms with E-state index in [4.69, 9.17) is 0 Å². The molecule has 0 saturated heterocycles. The monoisotopic (exact) mass is 396 g/mol. The number of hydrogen-bond donors (Lipinski definition) is 1. The number of rotatable bonds is 5. The number of halogens is 1. The molecular weight excluding hydrogens is 380 g/mol. The van der Waals surface area contributed by atoms with E-state index in [0.29, 0.717) is 11.4 Å². The number of nitrogens with one attached hydrogen (secondary N) is 1. The molecule has 0 unspecified atom stereocenters. The summed E-state index contributed by atoms with van der Waals surface area (Å²) >= 11 is 3.32. The summed E-state index contributed by atoms with van der Waals surface area (Å²) in [7, 11) is -3.56. The van der Waals surface area contributed by atoms with E-state index in [0.717, 1.165) is 20.6 Å². The van der Waals surface area contributed by atoms with Crippen molar-refractivity contribution >= 4 is 43.2 Å². The number of sulfonamides is 1. The van der Waals surface area contributed by atoms with Crippen molar-refractivity contribution in [3.8, 4) is 0 Å². The third-order valence-electron chi connectivity index (χ3n) is 3.12. The Kier molecular flexibility index (Phi) is 5.43.